The number of hydrogen-bond donors (Lipinski definition) is 1. The minimum Gasteiger partial charge on any atom is -0.383 e. The summed E-state index contributed by atoms with van der Waals surface area (Å²) < 4.78 is 46.9. The molecule has 2 heterocycles. The molecule has 0 bridgehead atoms. The second-order valence-electron chi connectivity index (χ2n) is 7.80. The standard InChI is InChI=1S/C23H21F3N4O3/c1-13(11-33-3)28-21(31)14-4-9-18-17(10-14)19-20(29(2)12-27-19)22(32)30(18)16-7-5-15(6-8-16)23(24,25)26/h4-10,12-13H,11H2,1-3H3,(H,28,31)/t13-/m0/s1. The number of alkyl halides is 3. The Labute approximate surface area is 186 Å². The third-order valence-corrected chi connectivity index (χ3v) is 5.34. The molecule has 2 aromatic carbocycles. The molecular formula is C23H21F3N4O3. The van der Waals surface area contributed by atoms with Gasteiger partial charge in [0, 0.05) is 36.8 Å². The number of fused-ring (bicyclic) bond motifs is 3. The van der Waals surface area contributed by atoms with Crippen molar-refractivity contribution in [3.63, 3.8) is 0 Å². The molecule has 0 saturated carbocycles. The first kappa shape index (κ1) is 22.5. The van der Waals surface area contributed by atoms with Crippen LogP contribution in [-0.2, 0) is 18.0 Å². The molecule has 0 unspecified atom stereocenters. The highest BCUT2D eigenvalue weighted by Gasteiger charge is 2.30. The van der Waals surface area contributed by atoms with E-state index in [1.807, 2.05) is 6.92 Å². The van der Waals surface area contributed by atoms with Crippen molar-refractivity contribution < 1.29 is 22.7 Å². The summed E-state index contributed by atoms with van der Waals surface area (Å²) in [5.41, 5.74) is 0.486. The van der Waals surface area contributed by atoms with Crippen LogP contribution in [-0.4, -0.2) is 39.8 Å². The predicted octanol–water partition coefficient (Wildman–Crippen LogP) is 3.66. The van der Waals surface area contributed by atoms with Crippen LogP contribution in [0.2, 0.25) is 0 Å². The first-order valence-corrected chi connectivity index (χ1v) is 10.1. The molecule has 1 N–H and O–H groups in total. The maximum Gasteiger partial charge on any atom is 0.416 e. The van der Waals surface area contributed by atoms with Crippen molar-refractivity contribution in [2.45, 2.75) is 19.1 Å². The van der Waals surface area contributed by atoms with Gasteiger partial charge < -0.3 is 14.6 Å². The Kier molecular flexibility index (Phi) is 5.71. The van der Waals surface area contributed by atoms with Gasteiger partial charge in [0.1, 0.15) is 11.0 Å². The summed E-state index contributed by atoms with van der Waals surface area (Å²) in [6.45, 7) is 2.15. The fourth-order valence-electron chi connectivity index (χ4n) is 3.81. The molecule has 0 aliphatic carbocycles. The molecule has 10 heteroatoms. The van der Waals surface area contributed by atoms with E-state index in [0.29, 0.717) is 28.6 Å². The Morgan fingerprint density at radius 2 is 1.88 bits per heavy atom. The van der Waals surface area contributed by atoms with Crippen molar-refractivity contribution in [3.8, 4) is 5.69 Å². The molecule has 2 aromatic heterocycles. The number of carbonyl (C=O) groups excluding carboxylic acids is 1. The number of nitrogens with one attached hydrogen (secondary N) is 1. The SMILES string of the molecule is COC[C@H](C)NC(=O)c1ccc2c(c1)c1ncn(C)c1c(=O)n2-c1ccc(C(F)(F)F)cc1. The molecule has 7 nitrogen and oxygen atoms in total. The van der Waals surface area contributed by atoms with Crippen LogP contribution in [0, 0.1) is 0 Å². The van der Waals surface area contributed by atoms with Crippen molar-refractivity contribution in [1.29, 1.82) is 0 Å². The van der Waals surface area contributed by atoms with Crippen molar-refractivity contribution in [1.82, 2.24) is 19.4 Å². The van der Waals surface area contributed by atoms with Crippen LogP contribution >= 0.6 is 0 Å². The zero-order valence-corrected chi connectivity index (χ0v) is 18.1. The van der Waals surface area contributed by atoms with Crippen LogP contribution in [0.5, 0.6) is 0 Å². The maximum absolute atomic E-state index is 13.3. The van der Waals surface area contributed by atoms with E-state index in [4.69, 9.17) is 4.74 Å². The van der Waals surface area contributed by atoms with Crippen LogP contribution in [0.15, 0.2) is 53.6 Å². The van der Waals surface area contributed by atoms with Crippen LogP contribution in [0.3, 0.4) is 0 Å². The van der Waals surface area contributed by atoms with E-state index >= 15 is 0 Å². The van der Waals surface area contributed by atoms with Gasteiger partial charge in [0.2, 0.25) is 0 Å². The quantitative estimate of drug-likeness (QED) is 0.495. The molecule has 1 atom stereocenters. The molecule has 172 valence electrons. The average molecular weight is 458 g/mol. The van der Waals surface area contributed by atoms with Crippen molar-refractivity contribution in [2.24, 2.45) is 7.05 Å². The van der Waals surface area contributed by atoms with Gasteiger partial charge in [0.05, 0.1) is 24.0 Å². The molecular weight excluding hydrogens is 437 g/mol. The number of methoxy groups -OCH3 is 1. The summed E-state index contributed by atoms with van der Waals surface area (Å²) in [4.78, 5) is 30.4. The molecule has 33 heavy (non-hydrogen) atoms. The number of hydrogen-bond acceptors (Lipinski definition) is 4. The first-order chi connectivity index (χ1) is 15.6. The summed E-state index contributed by atoms with van der Waals surface area (Å²) in [5.74, 6) is -0.321. The van der Waals surface area contributed by atoms with Gasteiger partial charge in [-0.15, -0.1) is 0 Å². The fourth-order valence-corrected chi connectivity index (χ4v) is 3.81. The number of nitrogens with zero attached hydrogens (tertiary/aromatic N) is 3. The Morgan fingerprint density at radius 3 is 2.52 bits per heavy atom. The van der Waals surface area contributed by atoms with E-state index < -0.39 is 17.3 Å². The van der Waals surface area contributed by atoms with E-state index in [-0.39, 0.29) is 23.2 Å². The number of pyridine rings is 1. The topological polar surface area (TPSA) is 78.2 Å². The third-order valence-electron chi connectivity index (χ3n) is 5.34. The highest BCUT2D eigenvalue weighted by Crippen LogP contribution is 2.30. The molecule has 0 aliphatic heterocycles. The lowest BCUT2D eigenvalue weighted by molar-refractivity contribution is -0.137. The van der Waals surface area contributed by atoms with Gasteiger partial charge >= 0.3 is 6.18 Å². The van der Waals surface area contributed by atoms with Crippen LogP contribution in [0.4, 0.5) is 13.2 Å². The van der Waals surface area contributed by atoms with Gasteiger partial charge in [0.25, 0.3) is 11.5 Å². The molecule has 0 radical (unpaired) electrons. The highest BCUT2D eigenvalue weighted by atomic mass is 19.4. The number of halogens is 3. The van der Waals surface area contributed by atoms with Gasteiger partial charge in [-0.25, -0.2) is 4.98 Å². The summed E-state index contributed by atoms with van der Waals surface area (Å²) in [6, 6.07) is 8.93. The molecule has 0 saturated heterocycles. The first-order valence-electron chi connectivity index (χ1n) is 10.1. The number of aryl methyl sites for hydroxylation is 1. The number of amides is 1. The van der Waals surface area contributed by atoms with Crippen molar-refractivity contribution in [3.05, 3.63) is 70.3 Å². The van der Waals surface area contributed by atoms with Gasteiger partial charge in [-0.1, -0.05) is 0 Å². The number of carbonyl (C=O) groups is 1. The third kappa shape index (κ3) is 4.09. The summed E-state index contributed by atoms with van der Waals surface area (Å²) in [5, 5.41) is 3.35. The zero-order chi connectivity index (χ0) is 23.9. The Bertz CT molecular complexity index is 1410. The molecule has 0 spiro atoms. The molecule has 4 aromatic rings. The second kappa shape index (κ2) is 8.36. The highest BCUT2D eigenvalue weighted by molar-refractivity contribution is 6.06. The van der Waals surface area contributed by atoms with E-state index in [9.17, 15) is 22.8 Å². The number of ether oxygens (including phenoxy) is 1. The van der Waals surface area contributed by atoms with Gasteiger partial charge in [-0.2, -0.15) is 13.2 Å². The molecule has 0 aliphatic rings. The smallest absolute Gasteiger partial charge is 0.383 e. The number of aromatic nitrogens is 3. The lowest BCUT2D eigenvalue weighted by Crippen LogP contribution is -2.35. The fraction of sp³-hybridized carbons (Fsp3) is 0.261. The van der Waals surface area contributed by atoms with Crippen LogP contribution in [0.1, 0.15) is 22.8 Å². The average Bonchev–Trinajstić information content (AvgIpc) is 3.15. The Morgan fingerprint density at radius 1 is 1.18 bits per heavy atom. The second-order valence-corrected chi connectivity index (χ2v) is 7.80. The number of rotatable bonds is 5. The minimum absolute atomic E-state index is 0.214. The van der Waals surface area contributed by atoms with Crippen molar-refractivity contribution >= 4 is 27.8 Å². The van der Waals surface area contributed by atoms with E-state index in [0.717, 1.165) is 12.1 Å². The summed E-state index contributed by atoms with van der Waals surface area (Å²) in [6.07, 6.45) is -3.00. The van der Waals surface area contributed by atoms with Crippen LogP contribution in [0.25, 0.3) is 27.6 Å². The largest absolute Gasteiger partial charge is 0.416 e. The lowest BCUT2D eigenvalue weighted by atomic mass is 10.1. The summed E-state index contributed by atoms with van der Waals surface area (Å²) in [7, 11) is 3.19. The minimum atomic E-state index is -4.49. The number of imidazole rings is 1. The molecule has 4 rings (SSSR count). The molecule has 1 amide bonds. The Hall–Kier alpha value is -3.66. The van der Waals surface area contributed by atoms with Crippen LogP contribution < -0.4 is 10.9 Å². The zero-order valence-electron chi connectivity index (χ0n) is 18.1. The summed E-state index contributed by atoms with van der Waals surface area (Å²) >= 11 is 0. The van der Waals surface area contributed by atoms with Crippen molar-refractivity contribution in [2.75, 3.05) is 13.7 Å². The predicted molar refractivity (Wildman–Crippen MR) is 118 cm³/mol. The maximum atomic E-state index is 13.3. The monoisotopic (exact) mass is 458 g/mol. The van der Waals surface area contributed by atoms with Gasteiger partial charge in [-0.3, -0.25) is 14.2 Å². The van der Waals surface area contributed by atoms with E-state index in [1.54, 1.807) is 29.8 Å². The van der Waals surface area contributed by atoms with Gasteiger partial charge in [-0.05, 0) is 49.4 Å². The lowest BCUT2D eigenvalue weighted by Gasteiger charge is -2.15. The van der Waals surface area contributed by atoms with E-state index in [2.05, 4.69) is 10.3 Å². The molecule has 0 fully saturated rings. The normalized spacial score (nSPS) is 12.9. The Balaban J connectivity index is 1.92. The van der Waals surface area contributed by atoms with E-state index in [1.165, 1.54) is 30.1 Å². The van der Waals surface area contributed by atoms with Gasteiger partial charge in [0.15, 0.2) is 0 Å². The number of benzene rings is 2.